The van der Waals surface area contributed by atoms with Gasteiger partial charge in [0.1, 0.15) is 11.4 Å². The first kappa shape index (κ1) is 18.2. The van der Waals surface area contributed by atoms with Crippen LogP contribution in [0, 0.1) is 0 Å². The third kappa shape index (κ3) is 3.97. The quantitative estimate of drug-likeness (QED) is 0.867. The molecule has 1 N–H and O–H groups in total. The van der Waals surface area contributed by atoms with Gasteiger partial charge in [0.25, 0.3) is 0 Å². The number of methoxy groups -OCH3 is 1. The molecule has 6 heteroatoms. The molecule has 0 radical (unpaired) electrons. The molecule has 2 atom stereocenters. The zero-order valence-electron chi connectivity index (χ0n) is 15.1. The molecule has 2 aliphatic heterocycles. The van der Waals surface area contributed by atoms with Crippen molar-refractivity contribution in [3.63, 3.8) is 0 Å². The van der Waals surface area contributed by atoms with E-state index in [-0.39, 0.29) is 11.9 Å². The predicted molar refractivity (Wildman–Crippen MR) is 94.6 cm³/mol. The van der Waals surface area contributed by atoms with Crippen molar-refractivity contribution in [1.29, 1.82) is 0 Å². The summed E-state index contributed by atoms with van der Waals surface area (Å²) in [5.74, 6) is 0.851. The Morgan fingerprint density at radius 3 is 2.60 bits per heavy atom. The largest absolute Gasteiger partial charge is 0.497 e. The minimum absolute atomic E-state index is 0.0955. The van der Waals surface area contributed by atoms with Gasteiger partial charge in [-0.3, -0.25) is 9.69 Å². The molecule has 1 aromatic carbocycles. The standard InChI is InChI=1S/C19H28N2O4/c1-19(23,15-5-7-16(24-2)8-6-15)17-4-3-9-21(17)18(22)14-20-10-12-25-13-11-20/h5-8,17,23H,3-4,9-14H2,1-2H3. The number of ether oxygens (including phenoxy) is 2. The molecule has 0 aromatic heterocycles. The fourth-order valence-corrected chi connectivity index (χ4v) is 3.81. The van der Waals surface area contributed by atoms with Crippen LogP contribution in [0.2, 0.25) is 0 Å². The molecule has 0 bridgehead atoms. The van der Waals surface area contributed by atoms with Gasteiger partial charge in [0.05, 0.1) is 32.9 Å². The molecule has 3 rings (SSSR count). The number of amides is 1. The third-order valence-corrected chi connectivity index (χ3v) is 5.36. The molecule has 2 saturated heterocycles. The van der Waals surface area contributed by atoms with Gasteiger partial charge in [-0.2, -0.15) is 0 Å². The lowest BCUT2D eigenvalue weighted by Crippen LogP contribution is -2.51. The number of morpholine rings is 1. The van der Waals surface area contributed by atoms with E-state index in [1.54, 1.807) is 14.0 Å². The second kappa shape index (κ2) is 7.72. The lowest BCUT2D eigenvalue weighted by molar-refractivity contribution is -0.139. The van der Waals surface area contributed by atoms with E-state index >= 15 is 0 Å². The van der Waals surface area contributed by atoms with Crippen molar-refractivity contribution in [2.24, 2.45) is 0 Å². The fraction of sp³-hybridized carbons (Fsp3) is 0.632. The number of hydrogen-bond donors (Lipinski definition) is 1. The Labute approximate surface area is 149 Å². The van der Waals surface area contributed by atoms with E-state index < -0.39 is 5.60 Å². The van der Waals surface area contributed by atoms with Gasteiger partial charge < -0.3 is 19.5 Å². The summed E-state index contributed by atoms with van der Waals surface area (Å²) in [6.45, 7) is 5.86. The van der Waals surface area contributed by atoms with Gasteiger partial charge in [-0.25, -0.2) is 0 Å². The molecular weight excluding hydrogens is 320 g/mol. The van der Waals surface area contributed by atoms with Crippen LogP contribution in [0.25, 0.3) is 0 Å². The number of carbonyl (C=O) groups excluding carboxylic acids is 1. The smallest absolute Gasteiger partial charge is 0.237 e. The Morgan fingerprint density at radius 2 is 1.96 bits per heavy atom. The van der Waals surface area contributed by atoms with Gasteiger partial charge in [-0.1, -0.05) is 12.1 Å². The Kier molecular flexibility index (Phi) is 5.61. The Hall–Kier alpha value is -1.63. The van der Waals surface area contributed by atoms with Crippen LogP contribution in [0.1, 0.15) is 25.3 Å². The predicted octanol–water partition coefficient (Wildman–Crippen LogP) is 1.23. The Morgan fingerprint density at radius 1 is 1.28 bits per heavy atom. The van der Waals surface area contributed by atoms with E-state index in [0.717, 1.165) is 37.2 Å². The molecule has 0 aliphatic carbocycles. The first-order valence-corrected chi connectivity index (χ1v) is 8.99. The van der Waals surface area contributed by atoms with Crippen molar-refractivity contribution in [1.82, 2.24) is 9.80 Å². The molecule has 0 spiro atoms. The van der Waals surface area contributed by atoms with Crippen molar-refractivity contribution >= 4 is 5.91 Å². The highest BCUT2D eigenvalue weighted by molar-refractivity contribution is 5.79. The number of likely N-dealkylation sites (tertiary alicyclic amines) is 1. The molecule has 0 saturated carbocycles. The molecule has 138 valence electrons. The van der Waals surface area contributed by atoms with Crippen LogP contribution in [0.4, 0.5) is 0 Å². The van der Waals surface area contributed by atoms with Crippen LogP contribution in [0.3, 0.4) is 0 Å². The van der Waals surface area contributed by atoms with Crippen molar-refractivity contribution in [3.8, 4) is 5.75 Å². The summed E-state index contributed by atoms with van der Waals surface area (Å²) in [6, 6.07) is 7.25. The molecule has 2 unspecified atom stereocenters. The first-order chi connectivity index (χ1) is 12.0. The normalized spacial score (nSPS) is 24.1. The first-order valence-electron chi connectivity index (χ1n) is 8.99. The molecule has 6 nitrogen and oxygen atoms in total. The summed E-state index contributed by atoms with van der Waals surface area (Å²) < 4.78 is 10.5. The van der Waals surface area contributed by atoms with Crippen LogP contribution >= 0.6 is 0 Å². The van der Waals surface area contributed by atoms with Crippen molar-refractivity contribution in [3.05, 3.63) is 29.8 Å². The molecule has 2 aliphatic rings. The van der Waals surface area contributed by atoms with E-state index in [4.69, 9.17) is 9.47 Å². The van der Waals surface area contributed by atoms with E-state index in [1.165, 1.54) is 0 Å². The molecule has 1 amide bonds. The van der Waals surface area contributed by atoms with Gasteiger partial charge in [0.15, 0.2) is 0 Å². The van der Waals surface area contributed by atoms with Gasteiger partial charge in [-0.05, 0) is 37.5 Å². The second-order valence-electron chi connectivity index (χ2n) is 7.01. The third-order valence-electron chi connectivity index (χ3n) is 5.36. The average Bonchev–Trinajstić information content (AvgIpc) is 3.13. The summed E-state index contributed by atoms with van der Waals surface area (Å²) in [4.78, 5) is 16.8. The van der Waals surface area contributed by atoms with Crippen LogP contribution < -0.4 is 4.74 Å². The summed E-state index contributed by atoms with van der Waals surface area (Å²) in [7, 11) is 1.62. The lowest BCUT2D eigenvalue weighted by atomic mass is 9.86. The fourth-order valence-electron chi connectivity index (χ4n) is 3.81. The Bertz CT molecular complexity index is 582. The number of carbonyl (C=O) groups is 1. The van der Waals surface area contributed by atoms with Crippen LogP contribution in [-0.4, -0.2) is 73.4 Å². The maximum atomic E-state index is 12.8. The summed E-state index contributed by atoms with van der Waals surface area (Å²) in [6.07, 6.45) is 1.74. The number of hydrogen-bond acceptors (Lipinski definition) is 5. The molecule has 1 aromatic rings. The number of benzene rings is 1. The van der Waals surface area contributed by atoms with Gasteiger partial charge in [0, 0.05) is 19.6 Å². The molecule has 2 fully saturated rings. The topological polar surface area (TPSA) is 62.2 Å². The van der Waals surface area contributed by atoms with Gasteiger partial charge >= 0.3 is 0 Å². The zero-order valence-corrected chi connectivity index (χ0v) is 15.1. The van der Waals surface area contributed by atoms with Crippen molar-refractivity contribution < 1.29 is 19.4 Å². The maximum Gasteiger partial charge on any atom is 0.237 e. The average molecular weight is 348 g/mol. The summed E-state index contributed by atoms with van der Waals surface area (Å²) >= 11 is 0. The highest BCUT2D eigenvalue weighted by Crippen LogP contribution is 2.35. The monoisotopic (exact) mass is 348 g/mol. The zero-order chi connectivity index (χ0) is 17.9. The lowest BCUT2D eigenvalue weighted by Gasteiger charge is -2.38. The van der Waals surface area contributed by atoms with E-state index in [2.05, 4.69) is 4.90 Å². The van der Waals surface area contributed by atoms with E-state index in [9.17, 15) is 9.90 Å². The van der Waals surface area contributed by atoms with Crippen LogP contribution in [0.15, 0.2) is 24.3 Å². The van der Waals surface area contributed by atoms with Gasteiger partial charge in [-0.15, -0.1) is 0 Å². The molecule has 25 heavy (non-hydrogen) atoms. The number of aliphatic hydroxyl groups is 1. The van der Waals surface area contributed by atoms with Crippen LogP contribution in [-0.2, 0) is 15.1 Å². The van der Waals surface area contributed by atoms with E-state index in [1.807, 2.05) is 29.2 Å². The van der Waals surface area contributed by atoms with Crippen LogP contribution in [0.5, 0.6) is 5.75 Å². The minimum Gasteiger partial charge on any atom is -0.497 e. The van der Waals surface area contributed by atoms with Crippen molar-refractivity contribution in [2.45, 2.75) is 31.4 Å². The highest BCUT2D eigenvalue weighted by Gasteiger charge is 2.42. The van der Waals surface area contributed by atoms with E-state index in [0.29, 0.717) is 26.3 Å². The van der Waals surface area contributed by atoms with Gasteiger partial charge in [0.2, 0.25) is 5.91 Å². The highest BCUT2D eigenvalue weighted by atomic mass is 16.5. The molecular formula is C19H28N2O4. The second-order valence-corrected chi connectivity index (χ2v) is 7.01. The van der Waals surface area contributed by atoms with Crippen molar-refractivity contribution in [2.75, 3.05) is 46.5 Å². The SMILES string of the molecule is COc1ccc(C(C)(O)C2CCCN2C(=O)CN2CCOCC2)cc1. The number of rotatable bonds is 5. The number of nitrogens with zero attached hydrogens (tertiary/aromatic N) is 2. The minimum atomic E-state index is -1.08. The molecule has 2 heterocycles. The summed E-state index contributed by atoms with van der Waals surface area (Å²) in [5.41, 5.74) is -0.270. The maximum absolute atomic E-state index is 12.8. The summed E-state index contributed by atoms with van der Waals surface area (Å²) in [5, 5.41) is 11.2. The Balaban J connectivity index is 1.71.